The van der Waals surface area contributed by atoms with Gasteiger partial charge >= 0.3 is 0 Å². The van der Waals surface area contributed by atoms with Crippen LogP contribution in [0, 0.1) is 0 Å². The Morgan fingerprint density at radius 2 is 2.24 bits per heavy atom. The van der Waals surface area contributed by atoms with Gasteiger partial charge in [-0.05, 0) is 44.9 Å². The molecule has 1 aliphatic heterocycles. The number of likely N-dealkylation sites (tertiary alicyclic amines) is 1. The molecule has 0 aliphatic carbocycles. The molecule has 1 atom stereocenters. The first-order valence-corrected chi connectivity index (χ1v) is 8.43. The number of hydrogen-bond acceptors (Lipinski definition) is 5. The first-order valence-electron chi connectivity index (χ1n) is 6.95. The molecule has 1 saturated heterocycles. The van der Waals surface area contributed by atoms with Crippen LogP contribution in [0.2, 0.25) is 0 Å². The zero-order valence-corrected chi connectivity index (χ0v) is 12.7. The molecule has 0 radical (unpaired) electrons. The van der Waals surface area contributed by atoms with Gasteiger partial charge in [-0.1, -0.05) is 0 Å². The van der Waals surface area contributed by atoms with Crippen LogP contribution in [0.4, 0.5) is 0 Å². The first-order chi connectivity index (χ1) is 9.99. The predicted octanol–water partition coefficient (Wildman–Crippen LogP) is 0.565. The molecule has 2 heterocycles. The van der Waals surface area contributed by atoms with Crippen molar-refractivity contribution < 1.29 is 22.7 Å². The summed E-state index contributed by atoms with van der Waals surface area (Å²) in [5, 5.41) is 8.81. The summed E-state index contributed by atoms with van der Waals surface area (Å²) in [5.74, 6) is -0.320. The van der Waals surface area contributed by atoms with E-state index in [4.69, 9.17) is 9.52 Å². The SMILES string of the molecule is CNS(=O)(=O)c1ccc(C(=O)N2CCCCC2CCO)o1. The molecule has 1 amide bonds. The fourth-order valence-electron chi connectivity index (χ4n) is 2.54. The summed E-state index contributed by atoms with van der Waals surface area (Å²) < 4.78 is 30.5. The van der Waals surface area contributed by atoms with Crippen molar-refractivity contribution >= 4 is 15.9 Å². The van der Waals surface area contributed by atoms with Crippen molar-refractivity contribution in [2.45, 2.75) is 36.8 Å². The molecule has 1 aromatic heterocycles. The van der Waals surface area contributed by atoms with Crippen molar-refractivity contribution in [2.24, 2.45) is 0 Å². The molecule has 21 heavy (non-hydrogen) atoms. The number of aliphatic hydroxyl groups excluding tert-OH is 1. The number of nitrogens with zero attached hydrogens (tertiary/aromatic N) is 1. The van der Waals surface area contributed by atoms with E-state index in [1.807, 2.05) is 0 Å². The number of sulfonamides is 1. The highest BCUT2D eigenvalue weighted by molar-refractivity contribution is 7.89. The molecule has 0 spiro atoms. The van der Waals surface area contributed by atoms with Crippen molar-refractivity contribution in [1.82, 2.24) is 9.62 Å². The second-order valence-electron chi connectivity index (χ2n) is 4.99. The number of rotatable bonds is 5. The van der Waals surface area contributed by atoms with Crippen LogP contribution in [0.5, 0.6) is 0 Å². The minimum absolute atomic E-state index is 0.00802. The van der Waals surface area contributed by atoms with Crippen molar-refractivity contribution in [1.29, 1.82) is 0 Å². The molecule has 2 N–H and O–H groups in total. The lowest BCUT2D eigenvalue weighted by molar-refractivity contribution is 0.0537. The lowest BCUT2D eigenvalue weighted by Gasteiger charge is -2.34. The highest BCUT2D eigenvalue weighted by atomic mass is 32.2. The van der Waals surface area contributed by atoms with Crippen LogP contribution in [0.15, 0.2) is 21.6 Å². The third kappa shape index (κ3) is 3.45. The Balaban J connectivity index is 2.19. The Labute approximate surface area is 124 Å². The van der Waals surface area contributed by atoms with Gasteiger partial charge in [0.1, 0.15) is 0 Å². The third-order valence-electron chi connectivity index (χ3n) is 3.68. The van der Waals surface area contributed by atoms with Gasteiger partial charge < -0.3 is 14.4 Å². The Hall–Kier alpha value is -1.38. The van der Waals surface area contributed by atoms with E-state index in [1.165, 1.54) is 19.2 Å². The maximum absolute atomic E-state index is 12.4. The van der Waals surface area contributed by atoms with E-state index in [1.54, 1.807) is 4.90 Å². The maximum Gasteiger partial charge on any atom is 0.289 e. The Bertz CT molecular complexity index is 593. The summed E-state index contributed by atoms with van der Waals surface area (Å²) in [5.41, 5.74) is 0. The summed E-state index contributed by atoms with van der Waals surface area (Å²) in [7, 11) is -2.41. The molecular weight excluding hydrogens is 296 g/mol. The van der Waals surface area contributed by atoms with Gasteiger partial charge in [-0.25, -0.2) is 13.1 Å². The fourth-order valence-corrected chi connectivity index (χ4v) is 3.19. The van der Waals surface area contributed by atoms with E-state index >= 15 is 0 Å². The van der Waals surface area contributed by atoms with E-state index in [0.717, 1.165) is 19.3 Å². The van der Waals surface area contributed by atoms with Gasteiger partial charge in [-0.15, -0.1) is 0 Å². The smallest absolute Gasteiger partial charge is 0.289 e. The number of piperidine rings is 1. The van der Waals surface area contributed by atoms with Gasteiger partial charge in [0.15, 0.2) is 5.76 Å². The molecule has 0 aromatic carbocycles. The van der Waals surface area contributed by atoms with Gasteiger partial charge in [-0.3, -0.25) is 4.79 Å². The maximum atomic E-state index is 12.4. The van der Waals surface area contributed by atoms with Crippen molar-refractivity contribution in [3.63, 3.8) is 0 Å². The van der Waals surface area contributed by atoms with Gasteiger partial charge in [0, 0.05) is 19.2 Å². The summed E-state index contributed by atoms with van der Waals surface area (Å²) in [6, 6.07) is 2.62. The fraction of sp³-hybridized carbons (Fsp3) is 0.615. The molecular formula is C13H20N2O5S. The van der Waals surface area contributed by atoms with Gasteiger partial charge in [0.25, 0.3) is 15.9 Å². The largest absolute Gasteiger partial charge is 0.438 e. The van der Waals surface area contributed by atoms with Gasteiger partial charge in [-0.2, -0.15) is 0 Å². The Morgan fingerprint density at radius 1 is 1.48 bits per heavy atom. The zero-order valence-electron chi connectivity index (χ0n) is 11.9. The highest BCUT2D eigenvalue weighted by Gasteiger charge is 2.29. The van der Waals surface area contributed by atoms with Crippen molar-refractivity contribution in [3.8, 4) is 0 Å². The number of nitrogens with one attached hydrogen (secondary N) is 1. The highest BCUT2D eigenvalue weighted by Crippen LogP contribution is 2.23. The van der Waals surface area contributed by atoms with E-state index in [0.29, 0.717) is 13.0 Å². The summed E-state index contributed by atoms with van der Waals surface area (Å²) in [6.45, 7) is 0.615. The number of furan rings is 1. The molecule has 0 saturated carbocycles. The predicted molar refractivity (Wildman–Crippen MR) is 75.3 cm³/mol. The lowest BCUT2D eigenvalue weighted by atomic mass is 9.99. The first kappa shape index (κ1) is 16.0. The molecule has 7 nitrogen and oxygen atoms in total. The van der Waals surface area contributed by atoms with Gasteiger partial charge in [0.05, 0.1) is 0 Å². The third-order valence-corrected chi connectivity index (χ3v) is 4.96. The van der Waals surface area contributed by atoms with Crippen LogP contribution < -0.4 is 4.72 Å². The Morgan fingerprint density at radius 3 is 2.90 bits per heavy atom. The van der Waals surface area contributed by atoms with Crippen molar-refractivity contribution in [3.05, 3.63) is 17.9 Å². The second kappa shape index (κ2) is 6.59. The van der Waals surface area contributed by atoms with Crippen LogP contribution in [0.25, 0.3) is 0 Å². The second-order valence-corrected chi connectivity index (χ2v) is 6.80. The standard InChI is InChI=1S/C13H20N2O5S/c1-14-21(18,19)12-6-5-11(20-12)13(17)15-8-3-2-4-10(15)7-9-16/h5-6,10,14,16H,2-4,7-9H2,1H3. The average molecular weight is 316 g/mol. The lowest BCUT2D eigenvalue weighted by Crippen LogP contribution is -2.44. The molecule has 2 rings (SSSR count). The minimum atomic E-state index is -3.69. The summed E-state index contributed by atoms with van der Waals surface area (Å²) in [6.07, 6.45) is 3.28. The average Bonchev–Trinajstić information content (AvgIpc) is 2.98. The van der Waals surface area contributed by atoms with Crippen LogP contribution in [-0.2, 0) is 10.0 Å². The van der Waals surface area contributed by atoms with Crippen LogP contribution >= 0.6 is 0 Å². The number of hydrogen-bond donors (Lipinski definition) is 2. The quantitative estimate of drug-likeness (QED) is 0.827. The molecule has 8 heteroatoms. The van der Waals surface area contributed by atoms with E-state index in [9.17, 15) is 13.2 Å². The van der Waals surface area contributed by atoms with E-state index in [-0.39, 0.29) is 29.4 Å². The van der Waals surface area contributed by atoms with E-state index < -0.39 is 10.0 Å². The molecule has 1 fully saturated rings. The molecule has 1 aliphatic rings. The minimum Gasteiger partial charge on any atom is -0.438 e. The Kier molecular flexibility index (Phi) is 5.02. The van der Waals surface area contributed by atoms with Gasteiger partial charge in [0.2, 0.25) is 5.09 Å². The molecule has 118 valence electrons. The zero-order chi connectivity index (χ0) is 15.5. The van der Waals surface area contributed by atoms with E-state index in [2.05, 4.69) is 4.72 Å². The summed E-state index contributed by atoms with van der Waals surface area (Å²) in [4.78, 5) is 14.1. The van der Waals surface area contributed by atoms with Crippen LogP contribution in [0.1, 0.15) is 36.2 Å². The number of aliphatic hydroxyl groups is 1. The number of carbonyl (C=O) groups is 1. The monoisotopic (exact) mass is 316 g/mol. The van der Waals surface area contributed by atoms with Crippen LogP contribution in [-0.4, -0.2) is 50.6 Å². The number of amides is 1. The normalized spacial score (nSPS) is 19.7. The van der Waals surface area contributed by atoms with Crippen molar-refractivity contribution in [2.75, 3.05) is 20.2 Å². The topological polar surface area (TPSA) is 99.9 Å². The molecule has 1 unspecified atom stereocenters. The molecule has 0 bridgehead atoms. The number of carbonyl (C=O) groups excluding carboxylic acids is 1. The molecule has 1 aromatic rings. The van der Waals surface area contributed by atoms with Crippen LogP contribution in [0.3, 0.4) is 0 Å². The summed E-state index contributed by atoms with van der Waals surface area (Å²) >= 11 is 0.